The van der Waals surface area contributed by atoms with Crippen molar-refractivity contribution in [2.24, 2.45) is 5.73 Å². The van der Waals surface area contributed by atoms with Crippen molar-refractivity contribution in [1.29, 1.82) is 5.26 Å². The number of unbranched alkanes of at least 4 members (excludes halogenated alkanes) is 1. The Hall–Kier alpha value is -0.550. The lowest BCUT2D eigenvalue weighted by Gasteiger charge is -1.96. The molecule has 1 unspecified atom stereocenters. The van der Waals surface area contributed by atoms with Crippen LogP contribution < -0.4 is 5.73 Å². The maximum Gasteiger partial charge on any atom is 0.0928 e. The number of hydrogen-bond donors (Lipinski definition) is 1. The third-order valence-corrected chi connectivity index (χ3v) is 1.03. The summed E-state index contributed by atoms with van der Waals surface area (Å²) in [5.74, 6) is 0. The Morgan fingerprint density at radius 1 is 1.60 bits per heavy atom. The van der Waals surface area contributed by atoms with Crippen LogP contribution in [0.5, 0.6) is 0 Å². The van der Waals surface area contributed by atoms with Crippen molar-refractivity contribution in [3.8, 4) is 6.07 Å². The Morgan fingerprint density at radius 3 is 2.40 bits per heavy atom. The van der Waals surface area contributed by atoms with Gasteiger partial charge in [0.25, 0.3) is 0 Å². The van der Waals surface area contributed by atoms with Crippen LogP contribution in [0.15, 0.2) is 0 Å². The van der Waals surface area contributed by atoms with Gasteiger partial charge in [0.2, 0.25) is 0 Å². The van der Waals surface area contributed by atoms with Gasteiger partial charge in [-0.25, -0.2) is 0 Å². The van der Waals surface area contributed by atoms with E-state index in [2.05, 4.69) is 6.92 Å². The lowest BCUT2D eigenvalue weighted by molar-refractivity contribution is 0.662. The second kappa shape index (κ2) is 11.3. The van der Waals surface area contributed by atoms with E-state index >= 15 is 0 Å². The van der Waals surface area contributed by atoms with Gasteiger partial charge in [0.15, 0.2) is 0 Å². The first kappa shape index (κ1) is 12.2. The Labute approximate surface area is 65.5 Å². The monoisotopic (exact) mass is 144 g/mol. The van der Waals surface area contributed by atoms with E-state index in [1.165, 1.54) is 0 Å². The molecule has 2 heteroatoms. The van der Waals surface area contributed by atoms with Crippen LogP contribution in [0.25, 0.3) is 0 Å². The molecule has 0 aromatic carbocycles. The van der Waals surface area contributed by atoms with E-state index in [4.69, 9.17) is 11.0 Å². The van der Waals surface area contributed by atoms with E-state index in [-0.39, 0.29) is 7.47 Å². The quantitative estimate of drug-likeness (QED) is 0.660. The molecule has 0 saturated heterocycles. The smallest absolute Gasteiger partial charge is 0.0928 e. The van der Waals surface area contributed by atoms with E-state index < -0.39 is 0 Å². The predicted octanol–water partition coefficient (Wildman–Crippen LogP) is 2.30. The molecule has 0 rings (SSSR count). The number of rotatable bonds is 3. The SMILES string of the molecule is CC.CCCCC(N)C#N.[HH]. The maximum atomic E-state index is 8.19. The average Bonchev–Trinajstić information content (AvgIpc) is 2.04. The van der Waals surface area contributed by atoms with Crippen LogP contribution in [0.3, 0.4) is 0 Å². The predicted molar refractivity (Wildman–Crippen MR) is 46.6 cm³/mol. The fraction of sp³-hybridized carbons (Fsp3) is 0.875. The van der Waals surface area contributed by atoms with Gasteiger partial charge < -0.3 is 5.73 Å². The third-order valence-electron chi connectivity index (χ3n) is 1.03. The Morgan fingerprint density at radius 2 is 2.10 bits per heavy atom. The van der Waals surface area contributed by atoms with Crippen molar-refractivity contribution in [3.05, 3.63) is 0 Å². The van der Waals surface area contributed by atoms with Crippen LogP contribution in [0.2, 0.25) is 0 Å². The van der Waals surface area contributed by atoms with Crippen molar-refractivity contribution >= 4 is 0 Å². The fourth-order valence-electron chi connectivity index (χ4n) is 0.489. The van der Waals surface area contributed by atoms with E-state index in [1.54, 1.807) is 0 Å². The number of nitriles is 1. The maximum absolute atomic E-state index is 8.19. The van der Waals surface area contributed by atoms with Gasteiger partial charge in [-0.3, -0.25) is 0 Å². The van der Waals surface area contributed by atoms with Crippen LogP contribution in [-0.2, 0) is 0 Å². The van der Waals surface area contributed by atoms with Crippen molar-refractivity contribution in [1.82, 2.24) is 0 Å². The number of hydrogen-bond acceptors (Lipinski definition) is 2. The molecular weight excluding hydrogens is 124 g/mol. The Bertz CT molecular complexity index is 88.6. The molecular formula is C8H20N2. The summed E-state index contributed by atoms with van der Waals surface area (Å²) in [6, 6.07) is 1.74. The second-order valence-electron chi connectivity index (χ2n) is 1.88. The lowest BCUT2D eigenvalue weighted by Crippen LogP contribution is -2.16. The summed E-state index contributed by atoms with van der Waals surface area (Å²) in [6.07, 6.45) is 3.02. The van der Waals surface area contributed by atoms with E-state index in [0.717, 1.165) is 19.3 Å². The highest BCUT2D eigenvalue weighted by molar-refractivity contribution is 4.85. The van der Waals surface area contributed by atoms with E-state index in [1.807, 2.05) is 19.9 Å². The molecule has 2 N–H and O–H groups in total. The van der Waals surface area contributed by atoms with Gasteiger partial charge in [-0.2, -0.15) is 5.26 Å². The molecule has 62 valence electrons. The molecule has 0 saturated carbocycles. The zero-order valence-electron chi connectivity index (χ0n) is 7.22. The molecule has 1 atom stereocenters. The van der Waals surface area contributed by atoms with Crippen LogP contribution in [0, 0.1) is 11.3 Å². The molecule has 0 aromatic rings. The molecule has 0 aliphatic rings. The third kappa shape index (κ3) is 10.4. The van der Waals surface area contributed by atoms with Gasteiger partial charge in [0, 0.05) is 1.43 Å². The number of nitrogens with two attached hydrogens (primary N) is 1. The summed E-state index contributed by atoms with van der Waals surface area (Å²) in [4.78, 5) is 0. The van der Waals surface area contributed by atoms with Crippen LogP contribution in [-0.4, -0.2) is 6.04 Å². The summed E-state index contributed by atoms with van der Waals surface area (Å²) in [5.41, 5.74) is 5.30. The molecule has 2 nitrogen and oxygen atoms in total. The van der Waals surface area contributed by atoms with Gasteiger partial charge in [-0.1, -0.05) is 33.6 Å². The molecule has 0 fully saturated rings. The summed E-state index contributed by atoms with van der Waals surface area (Å²) in [6.45, 7) is 6.09. The largest absolute Gasteiger partial charge is 0.316 e. The van der Waals surface area contributed by atoms with Gasteiger partial charge in [0.1, 0.15) is 0 Å². The molecule has 0 aromatic heterocycles. The van der Waals surface area contributed by atoms with Gasteiger partial charge in [-0.05, 0) is 6.42 Å². The van der Waals surface area contributed by atoms with Gasteiger partial charge in [-0.15, -0.1) is 0 Å². The van der Waals surface area contributed by atoms with Crippen molar-refractivity contribution < 1.29 is 1.43 Å². The fourth-order valence-corrected chi connectivity index (χ4v) is 0.489. The number of nitrogens with zero attached hydrogens (tertiary/aromatic N) is 1. The average molecular weight is 144 g/mol. The molecule has 10 heavy (non-hydrogen) atoms. The molecule has 0 radical (unpaired) electrons. The van der Waals surface area contributed by atoms with Crippen molar-refractivity contribution in [3.63, 3.8) is 0 Å². The Balaban J connectivity index is -0.000000196. The zero-order valence-corrected chi connectivity index (χ0v) is 7.22. The molecule has 0 aliphatic heterocycles. The van der Waals surface area contributed by atoms with E-state index in [9.17, 15) is 0 Å². The molecule has 0 amide bonds. The first-order valence-corrected chi connectivity index (χ1v) is 3.96. The topological polar surface area (TPSA) is 49.8 Å². The first-order valence-electron chi connectivity index (χ1n) is 3.96. The summed E-state index contributed by atoms with van der Waals surface area (Å²) in [7, 11) is 0. The highest BCUT2D eigenvalue weighted by Gasteiger charge is 1.95. The first-order chi connectivity index (χ1) is 4.81. The lowest BCUT2D eigenvalue weighted by atomic mass is 10.1. The van der Waals surface area contributed by atoms with Gasteiger partial charge in [0.05, 0.1) is 12.1 Å². The minimum Gasteiger partial charge on any atom is -0.316 e. The normalized spacial score (nSPS) is 10.7. The summed E-state index contributed by atoms with van der Waals surface area (Å²) in [5, 5.41) is 8.19. The van der Waals surface area contributed by atoms with E-state index in [0.29, 0.717) is 0 Å². The molecule has 0 heterocycles. The minimum absolute atomic E-state index is 0. The highest BCUT2D eigenvalue weighted by Crippen LogP contribution is 1.95. The highest BCUT2D eigenvalue weighted by atomic mass is 14.6. The van der Waals surface area contributed by atoms with Crippen LogP contribution in [0.4, 0.5) is 0 Å². The van der Waals surface area contributed by atoms with Crippen molar-refractivity contribution in [2.45, 2.75) is 46.1 Å². The van der Waals surface area contributed by atoms with Gasteiger partial charge >= 0.3 is 0 Å². The Kier molecular flexibility index (Phi) is 13.7. The minimum atomic E-state index is -0.241. The van der Waals surface area contributed by atoms with Crippen molar-refractivity contribution in [2.75, 3.05) is 0 Å². The molecule has 0 aliphatic carbocycles. The molecule has 0 spiro atoms. The zero-order chi connectivity index (χ0) is 8.41. The van der Waals surface area contributed by atoms with Crippen LogP contribution >= 0.6 is 0 Å². The summed E-state index contributed by atoms with van der Waals surface area (Å²) < 4.78 is 0. The molecule has 0 bridgehead atoms. The van der Waals surface area contributed by atoms with Crippen LogP contribution in [0.1, 0.15) is 41.5 Å². The second-order valence-corrected chi connectivity index (χ2v) is 1.88. The summed E-state index contributed by atoms with van der Waals surface area (Å²) >= 11 is 0. The standard InChI is InChI=1S/C6H12N2.C2H6.H2/c1-2-3-4-6(8)5-7;1-2;/h6H,2-4,8H2,1H3;1-2H3;1H.